The van der Waals surface area contributed by atoms with Gasteiger partial charge in [0.15, 0.2) is 0 Å². The zero-order valence-electron chi connectivity index (χ0n) is 20.4. The van der Waals surface area contributed by atoms with Crippen LogP contribution in [0, 0.1) is 0 Å². The highest BCUT2D eigenvalue weighted by Crippen LogP contribution is 2.33. The van der Waals surface area contributed by atoms with Gasteiger partial charge in [-0.1, -0.05) is 78.9 Å². The molecule has 0 aliphatic carbocycles. The summed E-state index contributed by atoms with van der Waals surface area (Å²) in [5.41, 5.74) is 5.19. The van der Waals surface area contributed by atoms with Crippen LogP contribution in [0.2, 0.25) is 0 Å². The van der Waals surface area contributed by atoms with Gasteiger partial charge in [0.1, 0.15) is 6.54 Å². The number of carbonyl (C=O) groups is 1. The van der Waals surface area contributed by atoms with E-state index in [4.69, 9.17) is 0 Å². The molecule has 4 aromatic carbocycles. The minimum absolute atomic E-state index is 0.00197. The second-order valence-corrected chi connectivity index (χ2v) is 9.10. The first-order chi connectivity index (χ1) is 18.8. The quantitative estimate of drug-likeness (QED) is 0.321. The summed E-state index contributed by atoms with van der Waals surface area (Å²) in [7, 11) is 0. The zero-order valence-corrected chi connectivity index (χ0v) is 20.4. The molecule has 5 aromatic rings. The topological polar surface area (TPSA) is 75.9 Å². The molecule has 0 spiro atoms. The van der Waals surface area contributed by atoms with Crippen molar-refractivity contribution in [1.29, 1.82) is 0 Å². The van der Waals surface area contributed by atoms with Crippen LogP contribution in [-0.2, 0) is 17.5 Å². The lowest BCUT2D eigenvalue weighted by Crippen LogP contribution is -2.41. The van der Waals surface area contributed by atoms with Crippen LogP contribution in [0.4, 0.5) is 13.2 Å². The van der Waals surface area contributed by atoms with Crippen molar-refractivity contribution in [3.05, 3.63) is 120 Å². The highest BCUT2D eigenvalue weighted by atomic mass is 19.4. The first-order valence-corrected chi connectivity index (χ1v) is 12.2. The molecule has 0 saturated heterocycles. The lowest BCUT2D eigenvalue weighted by molar-refractivity contribution is -0.137. The number of benzene rings is 4. The lowest BCUT2D eigenvalue weighted by Gasteiger charge is -2.25. The molecule has 1 aliphatic heterocycles. The molecule has 1 amide bonds. The molecule has 1 N–H and O–H groups in total. The van der Waals surface area contributed by atoms with Gasteiger partial charge in [-0.05, 0) is 51.4 Å². The maximum atomic E-state index is 13.5. The average Bonchev–Trinajstić information content (AvgIpc) is 3.61. The van der Waals surface area contributed by atoms with Crippen LogP contribution >= 0.6 is 0 Å². The highest BCUT2D eigenvalue weighted by molar-refractivity contribution is 5.87. The number of hydrazine groups is 1. The third-order valence-electron chi connectivity index (χ3n) is 6.49. The summed E-state index contributed by atoms with van der Waals surface area (Å²) in [6.07, 6.45) is -2.51. The minimum Gasteiger partial charge on any atom is -0.295 e. The Balaban J connectivity index is 1.26. The lowest BCUT2D eigenvalue weighted by atomic mass is 10.0. The van der Waals surface area contributed by atoms with Gasteiger partial charge in [-0.25, -0.2) is 5.01 Å². The fourth-order valence-electron chi connectivity index (χ4n) is 4.56. The summed E-state index contributed by atoms with van der Waals surface area (Å²) in [6, 6.07) is 28.0. The van der Waals surface area contributed by atoms with E-state index in [1.54, 1.807) is 0 Å². The first kappa shape index (κ1) is 24.4. The number of amides is 1. The number of nitrogens with zero attached hydrogens (tertiary/aromatic N) is 5. The SMILES string of the molecule is O=C(Cn1nnc(-c2cccc(C(F)(F)F)c2)n1)N1NC(c2ccc3ccccc3c2)=C[C@@H]1c1ccccc1. The summed E-state index contributed by atoms with van der Waals surface area (Å²) in [5, 5.41) is 15.6. The minimum atomic E-state index is -4.49. The molecule has 194 valence electrons. The Bertz CT molecular complexity index is 1700. The third kappa shape index (κ3) is 4.96. The van der Waals surface area contributed by atoms with Crippen LogP contribution in [0.1, 0.15) is 22.7 Å². The average molecular weight is 527 g/mol. The number of carbonyl (C=O) groups excluding carboxylic acids is 1. The Kier molecular flexibility index (Phi) is 6.07. The molecule has 0 radical (unpaired) electrons. The summed E-state index contributed by atoms with van der Waals surface area (Å²) in [6.45, 7) is -0.263. The molecule has 0 saturated carbocycles. The van der Waals surface area contributed by atoms with Crippen molar-refractivity contribution in [2.45, 2.75) is 18.8 Å². The molecule has 1 atom stereocenters. The number of hydrogen-bond acceptors (Lipinski definition) is 5. The van der Waals surface area contributed by atoms with Crippen LogP contribution in [-0.4, -0.2) is 31.1 Å². The summed E-state index contributed by atoms with van der Waals surface area (Å²) < 4.78 is 39.4. The number of alkyl halides is 3. The van der Waals surface area contributed by atoms with Crippen LogP contribution in [0.15, 0.2) is 103 Å². The predicted molar refractivity (Wildman–Crippen MR) is 139 cm³/mol. The second-order valence-electron chi connectivity index (χ2n) is 9.10. The Labute approximate surface area is 221 Å². The molecule has 6 rings (SSSR count). The largest absolute Gasteiger partial charge is 0.416 e. The van der Waals surface area contributed by atoms with Crippen molar-refractivity contribution in [2.75, 3.05) is 0 Å². The Morgan fingerprint density at radius 1 is 0.846 bits per heavy atom. The molecule has 10 heteroatoms. The van der Waals surface area contributed by atoms with Crippen LogP contribution in [0.25, 0.3) is 27.9 Å². The predicted octanol–water partition coefficient (Wildman–Crippen LogP) is 5.64. The molecule has 0 unspecified atom stereocenters. The molecular weight excluding hydrogens is 505 g/mol. The van der Waals surface area contributed by atoms with Crippen molar-refractivity contribution >= 4 is 22.4 Å². The van der Waals surface area contributed by atoms with Crippen LogP contribution < -0.4 is 5.43 Å². The number of rotatable bonds is 5. The van der Waals surface area contributed by atoms with Crippen molar-refractivity contribution in [2.24, 2.45) is 0 Å². The molecule has 39 heavy (non-hydrogen) atoms. The van der Waals surface area contributed by atoms with Gasteiger partial charge in [0.2, 0.25) is 5.82 Å². The van der Waals surface area contributed by atoms with E-state index >= 15 is 0 Å². The van der Waals surface area contributed by atoms with E-state index in [1.807, 2.05) is 72.8 Å². The van der Waals surface area contributed by atoms with E-state index in [0.717, 1.165) is 44.5 Å². The number of halogens is 3. The standard InChI is InChI=1S/C29H21F3N6O/c30-29(31,32)24-12-6-11-23(16-24)28-33-36-37(35-28)18-27(39)38-26(20-8-2-1-3-9-20)17-25(34-38)22-14-13-19-7-4-5-10-21(19)15-22/h1-17,26,34H,18H2/t26-/m1/s1. The van der Waals surface area contributed by atoms with E-state index in [1.165, 1.54) is 17.1 Å². The number of hydrogen-bond donors (Lipinski definition) is 1. The van der Waals surface area contributed by atoms with Crippen molar-refractivity contribution in [1.82, 2.24) is 30.6 Å². The van der Waals surface area contributed by atoms with Gasteiger partial charge < -0.3 is 0 Å². The second kappa shape index (κ2) is 9.71. The molecule has 2 heterocycles. The number of fused-ring (bicyclic) bond motifs is 1. The Morgan fingerprint density at radius 2 is 1.62 bits per heavy atom. The molecule has 1 aliphatic rings. The van der Waals surface area contributed by atoms with Crippen LogP contribution in [0.3, 0.4) is 0 Å². The first-order valence-electron chi connectivity index (χ1n) is 12.2. The fourth-order valence-corrected chi connectivity index (χ4v) is 4.56. The zero-order chi connectivity index (χ0) is 27.0. The van der Waals surface area contributed by atoms with E-state index in [-0.39, 0.29) is 23.8 Å². The molecule has 7 nitrogen and oxygen atoms in total. The molecule has 1 aromatic heterocycles. The molecule has 0 fully saturated rings. The molecule has 0 bridgehead atoms. The van der Waals surface area contributed by atoms with Gasteiger partial charge in [-0.3, -0.25) is 10.2 Å². The smallest absolute Gasteiger partial charge is 0.295 e. The Morgan fingerprint density at radius 3 is 2.41 bits per heavy atom. The highest BCUT2D eigenvalue weighted by Gasteiger charge is 2.32. The van der Waals surface area contributed by atoms with Gasteiger partial charge >= 0.3 is 6.18 Å². The van der Waals surface area contributed by atoms with E-state index in [9.17, 15) is 18.0 Å². The Hall–Kier alpha value is -4.99. The van der Waals surface area contributed by atoms with Gasteiger partial charge in [-0.2, -0.15) is 18.0 Å². The third-order valence-corrected chi connectivity index (χ3v) is 6.49. The van der Waals surface area contributed by atoms with Crippen molar-refractivity contribution in [3.8, 4) is 11.4 Å². The van der Waals surface area contributed by atoms with Crippen LogP contribution in [0.5, 0.6) is 0 Å². The summed E-state index contributed by atoms with van der Waals surface area (Å²) in [5.74, 6) is -0.346. The summed E-state index contributed by atoms with van der Waals surface area (Å²) in [4.78, 5) is 14.6. The number of aromatic nitrogens is 4. The van der Waals surface area contributed by atoms with E-state index in [2.05, 4.69) is 26.9 Å². The van der Waals surface area contributed by atoms with Gasteiger partial charge in [0, 0.05) is 5.56 Å². The monoisotopic (exact) mass is 526 g/mol. The number of nitrogens with one attached hydrogen (secondary N) is 1. The maximum absolute atomic E-state index is 13.5. The van der Waals surface area contributed by atoms with Gasteiger partial charge in [-0.15, -0.1) is 10.2 Å². The maximum Gasteiger partial charge on any atom is 0.416 e. The van der Waals surface area contributed by atoms with Crippen molar-refractivity contribution in [3.63, 3.8) is 0 Å². The normalized spacial score (nSPS) is 15.3. The van der Waals surface area contributed by atoms with E-state index < -0.39 is 17.8 Å². The molecular formula is C29H21F3N6O. The fraction of sp³-hybridized carbons (Fsp3) is 0.103. The van der Waals surface area contributed by atoms with Crippen molar-refractivity contribution < 1.29 is 18.0 Å². The van der Waals surface area contributed by atoms with E-state index in [0.29, 0.717) is 0 Å². The van der Waals surface area contributed by atoms with Gasteiger partial charge in [0.05, 0.1) is 17.3 Å². The summed E-state index contributed by atoms with van der Waals surface area (Å²) >= 11 is 0. The van der Waals surface area contributed by atoms with Gasteiger partial charge in [0.25, 0.3) is 5.91 Å². The number of tetrazole rings is 1.